The van der Waals surface area contributed by atoms with E-state index in [1.165, 1.54) is 0 Å². The summed E-state index contributed by atoms with van der Waals surface area (Å²) in [7, 11) is 3.39. The summed E-state index contributed by atoms with van der Waals surface area (Å²) in [5.74, 6) is 0.731. The maximum absolute atomic E-state index is 12.2. The number of likely N-dealkylation sites (N-methyl/N-ethyl adjacent to an activating group) is 1. The van der Waals surface area contributed by atoms with Crippen molar-refractivity contribution >= 4 is 5.78 Å². The van der Waals surface area contributed by atoms with Crippen LogP contribution in [0.3, 0.4) is 0 Å². The van der Waals surface area contributed by atoms with Gasteiger partial charge in [0.15, 0.2) is 5.78 Å². The van der Waals surface area contributed by atoms with Crippen molar-refractivity contribution in [3.8, 4) is 5.75 Å². The van der Waals surface area contributed by atoms with Gasteiger partial charge in [-0.05, 0) is 32.5 Å². The average Bonchev–Trinajstić information content (AvgIpc) is 2.30. The number of Topliss-reactive ketones (excluding diaryl/α,β-unsaturated/α-hetero) is 1. The molecule has 3 nitrogen and oxygen atoms in total. The molecule has 1 aromatic rings. The highest BCUT2D eigenvalue weighted by Crippen LogP contribution is 2.21. The number of carbonyl (C=O) groups is 1. The lowest BCUT2D eigenvalue weighted by atomic mass is 10.00. The minimum Gasteiger partial charge on any atom is -0.496 e. The minimum atomic E-state index is -0.143. The molecule has 16 heavy (non-hydrogen) atoms. The minimum absolute atomic E-state index is 0.0885. The molecule has 0 saturated carbocycles. The molecule has 0 fully saturated rings. The van der Waals surface area contributed by atoms with Crippen LogP contribution >= 0.6 is 0 Å². The molecule has 1 unspecified atom stereocenters. The van der Waals surface area contributed by atoms with Gasteiger partial charge in [0.05, 0.1) is 18.7 Å². The van der Waals surface area contributed by atoms with Crippen LogP contribution in [-0.2, 0) is 0 Å². The summed E-state index contributed by atoms with van der Waals surface area (Å²) in [5.41, 5.74) is 1.72. The van der Waals surface area contributed by atoms with Crippen LogP contribution in [0.2, 0.25) is 0 Å². The van der Waals surface area contributed by atoms with Gasteiger partial charge in [0.1, 0.15) is 5.75 Å². The van der Waals surface area contributed by atoms with Crippen LogP contribution in [0, 0.1) is 6.92 Å². The molecule has 0 aromatic heterocycles. The van der Waals surface area contributed by atoms with Gasteiger partial charge < -0.3 is 10.1 Å². The fourth-order valence-corrected chi connectivity index (χ4v) is 1.72. The van der Waals surface area contributed by atoms with E-state index in [-0.39, 0.29) is 11.8 Å². The first-order valence-corrected chi connectivity index (χ1v) is 5.50. The van der Waals surface area contributed by atoms with Gasteiger partial charge in [-0.1, -0.05) is 18.6 Å². The molecule has 1 atom stereocenters. The molecule has 0 bridgehead atoms. The van der Waals surface area contributed by atoms with Crippen molar-refractivity contribution in [2.24, 2.45) is 0 Å². The SMILES string of the molecule is CCC(NC)C(=O)c1cc(C)ccc1OC. The zero-order chi connectivity index (χ0) is 12.1. The normalized spacial score (nSPS) is 12.2. The van der Waals surface area contributed by atoms with Crippen LogP contribution < -0.4 is 10.1 Å². The second-order valence-corrected chi connectivity index (χ2v) is 3.82. The number of benzene rings is 1. The van der Waals surface area contributed by atoms with E-state index in [2.05, 4.69) is 5.32 Å². The van der Waals surface area contributed by atoms with Gasteiger partial charge in [-0.2, -0.15) is 0 Å². The third kappa shape index (κ3) is 2.61. The van der Waals surface area contributed by atoms with Crippen molar-refractivity contribution in [3.63, 3.8) is 0 Å². The molecule has 88 valence electrons. The predicted octanol–water partition coefficient (Wildman–Crippen LogP) is 2.18. The molecule has 1 rings (SSSR count). The molecule has 0 spiro atoms. The summed E-state index contributed by atoms with van der Waals surface area (Å²) in [6.45, 7) is 3.96. The van der Waals surface area contributed by atoms with Gasteiger partial charge in [-0.3, -0.25) is 4.79 Å². The van der Waals surface area contributed by atoms with Gasteiger partial charge >= 0.3 is 0 Å². The Kier molecular flexibility index (Phi) is 4.50. The van der Waals surface area contributed by atoms with E-state index < -0.39 is 0 Å². The summed E-state index contributed by atoms with van der Waals surface area (Å²) in [4.78, 5) is 12.2. The molecule has 0 amide bonds. The molecular weight excluding hydrogens is 202 g/mol. The lowest BCUT2D eigenvalue weighted by Gasteiger charge is -2.15. The van der Waals surface area contributed by atoms with Gasteiger partial charge in [0, 0.05) is 0 Å². The highest BCUT2D eigenvalue weighted by Gasteiger charge is 2.19. The molecule has 0 heterocycles. The topological polar surface area (TPSA) is 38.3 Å². The van der Waals surface area contributed by atoms with Gasteiger partial charge in [0.2, 0.25) is 0 Å². The Morgan fingerprint density at radius 3 is 2.69 bits per heavy atom. The summed E-state index contributed by atoms with van der Waals surface area (Å²) >= 11 is 0. The largest absolute Gasteiger partial charge is 0.496 e. The van der Waals surface area contributed by atoms with Crippen molar-refractivity contribution in [3.05, 3.63) is 29.3 Å². The zero-order valence-corrected chi connectivity index (χ0v) is 10.3. The third-order valence-corrected chi connectivity index (χ3v) is 2.69. The van der Waals surface area contributed by atoms with Crippen molar-refractivity contribution in [2.45, 2.75) is 26.3 Å². The van der Waals surface area contributed by atoms with Crippen LogP contribution in [0.25, 0.3) is 0 Å². The summed E-state index contributed by atoms with van der Waals surface area (Å²) in [5, 5.41) is 3.02. The maximum Gasteiger partial charge on any atom is 0.183 e. The van der Waals surface area contributed by atoms with Crippen LogP contribution in [0.4, 0.5) is 0 Å². The maximum atomic E-state index is 12.2. The third-order valence-electron chi connectivity index (χ3n) is 2.69. The van der Waals surface area contributed by atoms with E-state index in [9.17, 15) is 4.79 Å². The van der Waals surface area contributed by atoms with Crippen molar-refractivity contribution < 1.29 is 9.53 Å². The number of aryl methyl sites for hydroxylation is 1. The first kappa shape index (κ1) is 12.7. The molecule has 1 N–H and O–H groups in total. The Bertz CT molecular complexity index is 370. The summed E-state index contributed by atoms with van der Waals surface area (Å²) in [6.07, 6.45) is 0.770. The Balaban J connectivity index is 3.10. The Hall–Kier alpha value is -1.35. The predicted molar refractivity (Wildman–Crippen MR) is 65.2 cm³/mol. The van der Waals surface area contributed by atoms with Crippen molar-refractivity contribution in [2.75, 3.05) is 14.2 Å². The molecular formula is C13H19NO2. The molecule has 3 heteroatoms. The van der Waals surface area contributed by atoms with Crippen LogP contribution in [0.5, 0.6) is 5.75 Å². The Morgan fingerprint density at radius 1 is 1.50 bits per heavy atom. The van der Waals surface area contributed by atoms with E-state index in [0.29, 0.717) is 11.3 Å². The number of nitrogens with one attached hydrogen (secondary N) is 1. The van der Waals surface area contributed by atoms with E-state index in [1.54, 1.807) is 14.2 Å². The van der Waals surface area contributed by atoms with Crippen LogP contribution in [-0.4, -0.2) is 26.0 Å². The Morgan fingerprint density at radius 2 is 2.19 bits per heavy atom. The first-order valence-electron chi connectivity index (χ1n) is 5.50. The molecule has 0 radical (unpaired) electrons. The molecule has 0 aliphatic rings. The second-order valence-electron chi connectivity index (χ2n) is 3.82. The highest BCUT2D eigenvalue weighted by molar-refractivity contribution is 6.02. The van der Waals surface area contributed by atoms with Crippen LogP contribution in [0.1, 0.15) is 29.3 Å². The lowest BCUT2D eigenvalue weighted by molar-refractivity contribution is 0.0942. The summed E-state index contributed by atoms with van der Waals surface area (Å²) in [6, 6.07) is 5.51. The number of hydrogen-bond acceptors (Lipinski definition) is 3. The molecule has 0 saturated heterocycles. The quantitative estimate of drug-likeness (QED) is 0.774. The zero-order valence-electron chi connectivity index (χ0n) is 10.3. The van der Waals surface area contributed by atoms with Gasteiger partial charge in [-0.25, -0.2) is 0 Å². The van der Waals surface area contributed by atoms with Crippen LogP contribution in [0.15, 0.2) is 18.2 Å². The fourth-order valence-electron chi connectivity index (χ4n) is 1.72. The fraction of sp³-hybridized carbons (Fsp3) is 0.462. The number of hydrogen-bond donors (Lipinski definition) is 1. The van der Waals surface area contributed by atoms with E-state index in [1.807, 2.05) is 32.0 Å². The van der Waals surface area contributed by atoms with E-state index >= 15 is 0 Å². The smallest absolute Gasteiger partial charge is 0.183 e. The lowest BCUT2D eigenvalue weighted by Crippen LogP contribution is -2.33. The Labute approximate surface area is 96.8 Å². The number of ketones is 1. The molecule has 0 aliphatic heterocycles. The number of rotatable bonds is 5. The molecule has 0 aliphatic carbocycles. The van der Waals surface area contributed by atoms with E-state index in [0.717, 1.165) is 12.0 Å². The molecule has 1 aromatic carbocycles. The standard InChI is InChI=1S/C13H19NO2/c1-5-11(14-3)13(15)10-8-9(2)6-7-12(10)16-4/h6-8,11,14H,5H2,1-4H3. The van der Waals surface area contributed by atoms with E-state index in [4.69, 9.17) is 4.74 Å². The van der Waals surface area contributed by atoms with Crippen molar-refractivity contribution in [1.29, 1.82) is 0 Å². The van der Waals surface area contributed by atoms with Gasteiger partial charge in [0.25, 0.3) is 0 Å². The number of carbonyl (C=O) groups excluding carboxylic acids is 1. The second kappa shape index (κ2) is 5.66. The highest BCUT2D eigenvalue weighted by atomic mass is 16.5. The number of ether oxygens (including phenoxy) is 1. The number of methoxy groups -OCH3 is 1. The van der Waals surface area contributed by atoms with Gasteiger partial charge in [-0.15, -0.1) is 0 Å². The summed E-state index contributed by atoms with van der Waals surface area (Å²) < 4.78 is 5.21. The first-order chi connectivity index (χ1) is 7.63. The van der Waals surface area contributed by atoms with Crippen molar-refractivity contribution in [1.82, 2.24) is 5.32 Å². The monoisotopic (exact) mass is 221 g/mol. The average molecular weight is 221 g/mol.